The third-order valence-corrected chi connectivity index (χ3v) is 5.12. The van der Waals surface area contributed by atoms with Crippen LogP contribution in [-0.4, -0.2) is 50.1 Å². The zero-order valence-electron chi connectivity index (χ0n) is 16.9. The lowest BCUT2D eigenvalue weighted by molar-refractivity contribution is -0.137. The third-order valence-electron chi connectivity index (χ3n) is 5.12. The Bertz CT molecular complexity index is 815. The molecule has 1 heterocycles. The first-order chi connectivity index (χ1) is 14.4. The third kappa shape index (κ3) is 6.66. The summed E-state index contributed by atoms with van der Waals surface area (Å²) >= 11 is 0. The van der Waals surface area contributed by atoms with Crippen molar-refractivity contribution in [1.29, 1.82) is 0 Å². The first-order valence-electron chi connectivity index (χ1n) is 10.2. The van der Waals surface area contributed by atoms with Gasteiger partial charge in [0.2, 0.25) is 0 Å². The molecular weight excluding hydrogens is 391 g/mol. The smallest absolute Gasteiger partial charge is 0.370 e. The maximum absolute atomic E-state index is 12.9. The van der Waals surface area contributed by atoms with E-state index in [4.69, 9.17) is 5.73 Å². The fraction of sp³-hybridized carbons (Fsp3) is 0.409. The van der Waals surface area contributed by atoms with Crippen molar-refractivity contribution < 1.29 is 13.2 Å². The van der Waals surface area contributed by atoms with E-state index < -0.39 is 11.7 Å². The molecule has 1 aliphatic heterocycles. The van der Waals surface area contributed by atoms with Gasteiger partial charge in [-0.05, 0) is 49.7 Å². The maximum Gasteiger partial charge on any atom is 0.416 e. The molecule has 162 valence electrons. The van der Waals surface area contributed by atoms with Gasteiger partial charge in [-0.3, -0.25) is 9.89 Å². The van der Waals surface area contributed by atoms with Gasteiger partial charge in [0.1, 0.15) is 0 Å². The first kappa shape index (κ1) is 22.0. The molecule has 0 radical (unpaired) electrons. The van der Waals surface area contributed by atoms with Crippen molar-refractivity contribution in [2.75, 3.05) is 49.5 Å². The molecule has 2 aromatic carbocycles. The zero-order chi connectivity index (χ0) is 21.4. The van der Waals surface area contributed by atoms with Crippen LogP contribution in [0.3, 0.4) is 0 Å². The number of unbranched alkanes of at least 4 members (excludes halogenated alkanes) is 1. The summed E-state index contributed by atoms with van der Waals surface area (Å²) in [5.74, 6) is 0.413. The molecule has 0 unspecified atom stereocenters. The summed E-state index contributed by atoms with van der Waals surface area (Å²) in [7, 11) is 0. The van der Waals surface area contributed by atoms with Gasteiger partial charge in [0.15, 0.2) is 5.96 Å². The lowest BCUT2D eigenvalue weighted by atomic mass is 10.1. The summed E-state index contributed by atoms with van der Waals surface area (Å²) in [5, 5.41) is 3.06. The van der Waals surface area contributed by atoms with Crippen molar-refractivity contribution >= 4 is 17.3 Å². The van der Waals surface area contributed by atoms with Crippen molar-refractivity contribution in [1.82, 2.24) is 4.90 Å². The predicted molar refractivity (Wildman–Crippen MR) is 116 cm³/mol. The molecular formula is C22H28F3N5. The summed E-state index contributed by atoms with van der Waals surface area (Å²) in [6, 6.07) is 15.2. The quantitative estimate of drug-likeness (QED) is 0.404. The average Bonchev–Trinajstić information content (AvgIpc) is 2.74. The fourth-order valence-electron chi connectivity index (χ4n) is 3.46. The Labute approximate surface area is 175 Å². The van der Waals surface area contributed by atoms with Gasteiger partial charge < -0.3 is 16.0 Å². The highest BCUT2D eigenvalue weighted by Gasteiger charge is 2.31. The maximum atomic E-state index is 12.9. The first-order valence-corrected chi connectivity index (χ1v) is 10.2. The molecule has 3 rings (SSSR count). The topological polar surface area (TPSA) is 56.9 Å². The second kappa shape index (κ2) is 10.3. The number of para-hydroxylation sites is 1. The highest BCUT2D eigenvalue weighted by molar-refractivity contribution is 5.92. The molecule has 1 fully saturated rings. The molecule has 30 heavy (non-hydrogen) atoms. The molecule has 1 aliphatic rings. The van der Waals surface area contributed by atoms with E-state index >= 15 is 0 Å². The minimum atomic E-state index is -4.31. The Balaban J connectivity index is 1.35. The standard InChI is InChI=1S/C22H28F3N5/c23-22(24,25)18-7-6-10-20(17-18)30-15-13-29(14-16-30)12-5-4-11-27-21(26)28-19-8-2-1-3-9-19/h1-3,6-10,17H,4-5,11-16H2,(H3,26,27,28). The second-order valence-corrected chi connectivity index (χ2v) is 7.34. The summed E-state index contributed by atoms with van der Waals surface area (Å²) in [4.78, 5) is 8.71. The number of alkyl halides is 3. The SMILES string of the molecule is NC(=NCCCCN1CCN(c2cccc(C(F)(F)F)c2)CC1)Nc1ccccc1. The summed E-state index contributed by atoms with van der Waals surface area (Å²) in [6.07, 6.45) is -2.36. The largest absolute Gasteiger partial charge is 0.416 e. The molecule has 3 N–H and O–H groups in total. The van der Waals surface area contributed by atoms with Crippen molar-refractivity contribution in [3.63, 3.8) is 0 Å². The number of nitrogens with two attached hydrogens (primary N) is 1. The number of nitrogens with one attached hydrogen (secondary N) is 1. The van der Waals surface area contributed by atoms with E-state index in [2.05, 4.69) is 15.2 Å². The lowest BCUT2D eigenvalue weighted by Crippen LogP contribution is -2.46. The van der Waals surface area contributed by atoms with Crippen LogP contribution in [0.2, 0.25) is 0 Å². The number of guanidine groups is 1. The molecule has 0 aromatic heterocycles. The van der Waals surface area contributed by atoms with Crippen LogP contribution in [0.1, 0.15) is 18.4 Å². The van der Waals surface area contributed by atoms with Crippen LogP contribution in [0.25, 0.3) is 0 Å². The highest BCUT2D eigenvalue weighted by atomic mass is 19.4. The van der Waals surface area contributed by atoms with Crippen LogP contribution in [0, 0.1) is 0 Å². The molecule has 0 spiro atoms. The van der Waals surface area contributed by atoms with E-state index in [-0.39, 0.29) is 0 Å². The number of nitrogens with zero attached hydrogens (tertiary/aromatic N) is 3. The minimum Gasteiger partial charge on any atom is -0.370 e. The number of halogens is 3. The second-order valence-electron chi connectivity index (χ2n) is 7.34. The average molecular weight is 419 g/mol. The van der Waals surface area contributed by atoms with Gasteiger partial charge in [-0.2, -0.15) is 13.2 Å². The Morgan fingerprint density at radius 2 is 1.70 bits per heavy atom. The van der Waals surface area contributed by atoms with Gasteiger partial charge in [-0.25, -0.2) is 0 Å². The van der Waals surface area contributed by atoms with Crippen LogP contribution in [0.5, 0.6) is 0 Å². The monoisotopic (exact) mass is 419 g/mol. The van der Waals surface area contributed by atoms with Crippen molar-refractivity contribution in [2.24, 2.45) is 10.7 Å². The Morgan fingerprint density at radius 3 is 2.40 bits per heavy atom. The number of rotatable bonds is 7. The van der Waals surface area contributed by atoms with Crippen molar-refractivity contribution in [3.8, 4) is 0 Å². The van der Waals surface area contributed by atoms with E-state index in [9.17, 15) is 13.2 Å². The van der Waals surface area contributed by atoms with Crippen LogP contribution >= 0.6 is 0 Å². The number of piperazine rings is 1. The Morgan fingerprint density at radius 1 is 0.967 bits per heavy atom. The van der Waals surface area contributed by atoms with E-state index in [0.29, 0.717) is 18.2 Å². The molecule has 8 heteroatoms. The van der Waals surface area contributed by atoms with Crippen LogP contribution in [0.4, 0.5) is 24.5 Å². The summed E-state index contributed by atoms with van der Waals surface area (Å²) in [5.41, 5.74) is 6.85. The van der Waals surface area contributed by atoms with Gasteiger partial charge in [0.25, 0.3) is 0 Å². The molecule has 5 nitrogen and oxygen atoms in total. The molecule has 0 aliphatic carbocycles. The zero-order valence-corrected chi connectivity index (χ0v) is 16.9. The van der Waals surface area contributed by atoms with Gasteiger partial charge in [-0.15, -0.1) is 0 Å². The van der Waals surface area contributed by atoms with E-state index in [0.717, 1.165) is 57.3 Å². The molecule has 0 atom stereocenters. The molecule has 2 aromatic rings. The van der Waals surface area contributed by atoms with E-state index in [1.54, 1.807) is 6.07 Å². The van der Waals surface area contributed by atoms with Crippen LogP contribution in [0.15, 0.2) is 59.6 Å². The normalized spacial score (nSPS) is 16.0. The molecule has 0 bridgehead atoms. The predicted octanol–water partition coefficient (Wildman–Crippen LogP) is 4.03. The van der Waals surface area contributed by atoms with Gasteiger partial charge in [-0.1, -0.05) is 24.3 Å². The fourth-order valence-corrected chi connectivity index (χ4v) is 3.46. The molecule has 1 saturated heterocycles. The number of hydrogen-bond acceptors (Lipinski definition) is 3. The van der Waals surface area contributed by atoms with Crippen molar-refractivity contribution in [3.05, 3.63) is 60.2 Å². The van der Waals surface area contributed by atoms with Crippen LogP contribution < -0.4 is 16.0 Å². The lowest BCUT2D eigenvalue weighted by Gasteiger charge is -2.36. The summed E-state index contributed by atoms with van der Waals surface area (Å²) < 4.78 is 38.7. The Kier molecular flexibility index (Phi) is 7.57. The highest BCUT2D eigenvalue weighted by Crippen LogP contribution is 2.31. The minimum absolute atomic E-state index is 0.413. The van der Waals surface area contributed by atoms with Gasteiger partial charge in [0.05, 0.1) is 5.56 Å². The number of hydrogen-bond donors (Lipinski definition) is 2. The number of anilines is 2. The van der Waals surface area contributed by atoms with Crippen molar-refractivity contribution in [2.45, 2.75) is 19.0 Å². The Hall–Kier alpha value is -2.74. The number of benzene rings is 2. The van der Waals surface area contributed by atoms with Gasteiger partial charge in [0, 0.05) is 44.1 Å². The number of aliphatic imine (C=N–C) groups is 1. The van der Waals surface area contributed by atoms with E-state index in [1.165, 1.54) is 12.1 Å². The van der Waals surface area contributed by atoms with Crippen LogP contribution in [-0.2, 0) is 6.18 Å². The van der Waals surface area contributed by atoms with Gasteiger partial charge >= 0.3 is 6.18 Å². The summed E-state index contributed by atoms with van der Waals surface area (Å²) in [6.45, 7) is 4.77. The van der Waals surface area contributed by atoms with E-state index in [1.807, 2.05) is 35.2 Å². The molecule has 0 saturated carbocycles. The molecule has 0 amide bonds.